The van der Waals surface area contributed by atoms with Gasteiger partial charge in [-0.1, -0.05) is 37.0 Å². The number of ketones is 1. The number of rotatable bonds is 14. The van der Waals surface area contributed by atoms with Crippen LogP contribution in [-0.2, 0) is 52.2 Å². The Kier molecular flexibility index (Phi) is 20.6. The molecule has 4 amide bonds. The zero-order valence-corrected chi connectivity index (χ0v) is 51.8. The minimum Gasteiger partial charge on any atom is -0.493 e. The number of likely N-dealkylation sites (N-methyl/N-ethyl adjacent to an activating group) is 1. The number of morpholine rings is 1. The van der Waals surface area contributed by atoms with Gasteiger partial charge in [-0.3, -0.25) is 19.4 Å². The number of amides is 4. The van der Waals surface area contributed by atoms with E-state index in [9.17, 15) is 29.4 Å². The Hall–Kier alpha value is -3.93. The number of aliphatic hydroxyl groups is 2. The highest BCUT2D eigenvalue weighted by Gasteiger charge is 2.62. The number of anilines is 1. The zero-order chi connectivity index (χ0) is 59.7. The highest BCUT2D eigenvalue weighted by Crippen LogP contribution is 2.48. The number of aromatic nitrogens is 1. The predicted molar refractivity (Wildman–Crippen MR) is 304 cm³/mol. The van der Waals surface area contributed by atoms with Gasteiger partial charge in [0.15, 0.2) is 33.8 Å². The quantitative estimate of drug-likeness (QED) is 0.0788. The molecule has 1 aromatic carbocycles. The molecule has 0 saturated carbocycles. The Morgan fingerprint density at radius 3 is 2.32 bits per heavy atom. The Morgan fingerprint density at radius 1 is 0.951 bits per heavy atom. The summed E-state index contributed by atoms with van der Waals surface area (Å²) in [5.41, 5.74) is -3.64. The first-order valence-corrected chi connectivity index (χ1v) is 29.8. The molecule has 0 aliphatic carbocycles. The fraction of sp³-hybridized carbons (Fsp3) is 0.714. The lowest BCUT2D eigenvalue weighted by Crippen LogP contribution is -2.62. The van der Waals surface area contributed by atoms with Crippen molar-refractivity contribution >= 4 is 81.3 Å². The second-order valence-electron chi connectivity index (χ2n) is 23.0. The molecule has 7 heterocycles. The van der Waals surface area contributed by atoms with E-state index in [-0.39, 0.29) is 77.9 Å². The SMILES string of the molecule is COc1ccc(C(=O)Nc2c(Cl)cncc2Cl)cc1OCCCN1C(=O)O[C@]2(C)[C@@H](I)OC(=O)[C@H](C)[C@@H](O[C@H]3C[C@@](C)(OC)[C@@H](O)[C@H](C)O3)[C@H](C)[C@@H](O[C@@H]3O[C@H](C)C[C@H](N(C)C(=O)N4CCOCC4)[C@H]3O)[C@@]3(C)C[C@@H](CO3)C(=O)[C@H](C)[C@@H]12. The number of pyridine rings is 1. The van der Waals surface area contributed by atoms with Gasteiger partial charge in [0.2, 0.25) is 0 Å². The van der Waals surface area contributed by atoms with Crippen molar-refractivity contribution in [2.75, 3.05) is 72.6 Å². The second-order valence-corrected chi connectivity index (χ2v) is 24.9. The first-order valence-electron chi connectivity index (χ1n) is 27.8. The Bertz CT molecular complexity index is 2620. The number of alkyl halides is 1. The van der Waals surface area contributed by atoms with E-state index in [2.05, 4.69) is 10.3 Å². The van der Waals surface area contributed by atoms with Gasteiger partial charge >= 0.3 is 18.1 Å². The Labute approximate surface area is 501 Å². The number of aliphatic hydroxyl groups excluding tert-OH is 2. The van der Waals surface area contributed by atoms with Gasteiger partial charge in [0, 0.05) is 75.9 Å². The van der Waals surface area contributed by atoms with Gasteiger partial charge in [-0.2, -0.15) is 0 Å². The number of cyclic esters (lactones) is 1. The van der Waals surface area contributed by atoms with Gasteiger partial charge < -0.3 is 82.3 Å². The minimum atomic E-state index is -1.59. The second kappa shape index (κ2) is 26.4. The number of ether oxygens (including phenoxy) is 11. The average molecular weight is 1310 g/mol. The lowest BCUT2D eigenvalue weighted by molar-refractivity contribution is -0.316. The number of fused-ring (bicyclic) bond motifs is 3. The molecule has 18 atom stereocenters. The van der Waals surface area contributed by atoms with Crippen molar-refractivity contribution < 1.29 is 86.3 Å². The average Bonchev–Trinajstić information content (AvgIpc) is 3.06. The fourth-order valence-electron chi connectivity index (χ4n) is 12.5. The molecule has 456 valence electrons. The third-order valence-electron chi connectivity index (χ3n) is 17.3. The molecule has 8 rings (SSSR count). The maximum absolute atomic E-state index is 15.3. The molecule has 23 nitrogen and oxygen atoms in total. The lowest BCUT2D eigenvalue weighted by atomic mass is 9.75. The Morgan fingerprint density at radius 2 is 1.65 bits per heavy atom. The molecule has 6 saturated heterocycles. The molecule has 26 heteroatoms. The molecule has 6 aliphatic rings. The normalized spacial score (nSPS) is 37.3. The molecule has 0 unspecified atom stereocenters. The molecule has 3 N–H and O–H groups in total. The number of carbonyl (C=O) groups is 5. The van der Waals surface area contributed by atoms with Crippen LogP contribution < -0.4 is 14.8 Å². The molecule has 6 aliphatic heterocycles. The van der Waals surface area contributed by atoms with E-state index < -0.39 is 124 Å². The summed E-state index contributed by atoms with van der Waals surface area (Å²) in [6, 6.07) is 2.60. The number of esters is 1. The topological polar surface area (TPSA) is 262 Å². The van der Waals surface area contributed by atoms with Crippen LogP contribution >= 0.6 is 45.8 Å². The van der Waals surface area contributed by atoms with Crippen LogP contribution in [0.25, 0.3) is 0 Å². The summed E-state index contributed by atoms with van der Waals surface area (Å²) < 4.78 is 67.9. The van der Waals surface area contributed by atoms with Crippen molar-refractivity contribution in [3.63, 3.8) is 0 Å². The van der Waals surface area contributed by atoms with E-state index in [1.165, 1.54) is 42.5 Å². The van der Waals surface area contributed by atoms with Crippen molar-refractivity contribution in [2.45, 2.75) is 163 Å². The number of hydrogen-bond acceptors (Lipinski definition) is 19. The fourth-order valence-corrected chi connectivity index (χ4v) is 13.7. The van der Waals surface area contributed by atoms with Crippen LogP contribution in [0.2, 0.25) is 10.0 Å². The highest BCUT2D eigenvalue weighted by molar-refractivity contribution is 14.1. The molecule has 82 heavy (non-hydrogen) atoms. The summed E-state index contributed by atoms with van der Waals surface area (Å²) in [4.78, 5) is 80.3. The van der Waals surface area contributed by atoms with Crippen LogP contribution in [0.15, 0.2) is 30.6 Å². The van der Waals surface area contributed by atoms with Crippen molar-refractivity contribution in [3.8, 4) is 11.5 Å². The number of halogens is 3. The number of nitrogens with one attached hydrogen (secondary N) is 1. The van der Waals surface area contributed by atoms with Crippen molar-refractivity contribution in [1.82, 2.24) is 19.7 Å². The van der Waals surface area contributed by atoms with Crippen LogP contribution in [-0.4, -0.2) is 209 Å². The molecular formula is C56H78Cl2IN5O18. The molecule has 1 aromatic heterocycles. The van der Waals surface area contributed by atoms with E-state index in [1.54, 1.807) is 58.7 Å². The first kappa shape index (κ1) is 64.1. The van der Waals surface area contributed by atoms with E-state index in [1.807, 2.05) is 43.4 Å². The molecule has 2 aromatic rings. The van der Waals surface area contributed by atoms with Gasteiger partial charge in [0.05, 0.1) is 103 Å². The van der Waals surface area contributed by atoms with E-state index in [0.717, 1.165) is 0 Å². The van der Waals surface area contributed by atoms with Crippen LogP contribution in [0.5, 0.6) is 11.5 Å². The monoisotopic (exact) mass is 1310 g/mol. The van der Waals surface area contributed by atoms with Crippen LogP contribution in [0.1, 0.15) is 91.4 Å². The van der Waals surface area contributed by atoms with Crippen molar-refractivity contribution in [3.05, 3.63) is 46.2 Å². The van der Waals surface area contributed by atoms with E-state index in [4.69, 9.17) is 75.3 Å². The number of nitrogens with zero attached hydrogens (tertiary/aromatic N) is 4. The largest absolute Gasteiger partial charge is 0.493 e. The number of hydrogen-bond donors (Lipinski definition) is 3. The number of benzene rings is 1. The molecule has 0 spiro atoms. The predicted octanol–water partition coefficient (Wildman–Crippen LogP) is 6.51. The van der Waals surface area contributed by atoms with Gasteiger partial charge in [-0.25, -0.2) is 9.59 Å². The Balaban J connectivity index is 1.08. The maximum Gasteiger partial charge on any atom is 0.410 e. The van der Waals surface area contributed by atoms with Crippen molar-refractivity contribution in [1.29, 1.82) is 0 Å². The summed E-state index contributed by atoms with van der Waals surface area (Å²) in [6.07, 6.45) is -5.61. The van der Waals surface area contributed by atoms with E-state index in [0.29, 0.717) is 38.5 Å². The van der Waals surface area contributed by atoms with Crippen LogP contribution in [0.4, 0.5) is 15.3 Å². The summed E-state index contributed by atoms with van der Waals surface area (Å²) in [5, 5.41) is 26.4. The smallest absolute Gasteiger partial charge is 0.410 e. The zero-order valence-electron chi connectivity index (χ0n) is 48.2. The summed E-state index contributed by atoms with van der Waals surface area (Å²) in [5.74, 6) is -4.58. The third-order valence-corrected chi connectivity index (χ3v) is 19.3. The lowest BCUT2D eigenvalue weighted by Gasteiger charge is -2.49. The number of Topliss-reactive ketones (excluding diaryl/α,β-unsaturated/α-hetero) is 1. The minimum absolute atomic E-state index is 0.0142. The third kappa shape index (κ3) is 13.2. The van der Waals surface area contributed by atoms with Crippen molar-refractivity contribution in [2.24, 2.45) is 23.7 Å². The standard InChI is InChI=1S/C56H78Cl2IN5O18/c1-28-21-37(62(9)52(70)63-16-19-74-20-17-63)43(66)50(77-28)80-47-30(3)44(79-40-24-54(6,73-11)46(67)32(5)78-40)31(4)49(69)81-51(59)56(8)45(29(2)42(65)34-23-55(47,7)76-27-34)64(53(71)82-56)15-12-18-75-39-22-33(13-14-38(39)72-10)48(68)61-41-35(57)25-60-26-36(41)58/h13-14,22,25-26,28-32,34,37,40,43-47,50-51,66-67H,12,15-21,23-24,27H2,1-11H3,(H,60,61,68)/t28-,29+,30+,31-,32+,34+,37+,40+,43-,44+,45-,46+,47-,50+,51+,54-,55-,56+/m1/s1. The van der Waals surface area contributed by atoms with Crippen LogP contribution in [0, 0.1) is 23.7 Å². The maximum atomic E-state index is 15.3. The summed E-state index contributed by atoms with van der Waals surface area (Å²) >= 11 is 14.5. The first-order chi connectivity index (χ1) is 38.7. The summed E-state index contributed by atoms with van der Waals surface area (Å²) in [6.45, 7) is 15.5. The van der Waals surface area contributed by atoms with Gasteiger partial charge in [0.25, 0.3) is 5.91 Å². The van der Waals surface area contributed by atoms with E-state index >= 15 is 4.79 Å². The summed E-state index contributed by atoms with van der Waals surface area (Å²) in [7, 11) is 4.58. The molecule has 6 fully saturated rings. The number of carbonyl (C=O) groups excluding carboxylic acids is 5. The van der Waals surface area contributed by atoms with Gasteiger partial charge in [0.1, 0.15) is 18.0 Å². The van der Waals surface area contributed by atoms with Crippen LogP contribution in [0.3, 0.4) is 0 Å². The molecule has 0 radical (unpaired) electrons. The molecule has 2 bridgehead atoms. The highest BCUT2D eigenvalue weighted by atomic mass is 127. The van der Waals surface area contributed by atoms with Gasteiger partial charge in [-0.15, -0.1) is 0 Å². The number of urea groups is 1. The number of methoxy groups -OCH3 is 2. The van der Waals surface area contributed by atoms with Gasteiger partial charge in [-0.05, 0) is 102 Å². The molecular weight excluding hydrogens is 1230 g/mol.